The molecule has 0 unspecified atom stereocenters. The maximum Gasteiger partial charge on any atom is 0.278 e. The predicted octanol–water partition coefficient (Wildman–Crippen LogP) is 4.74. The number of aliphatic imine (C=N–C) groups is 1. The molecule has 0 atom stereocenters. The maximum absolute atomic E-state index is 13.2. The second-order valence-electron chi connectivity index (χ2n) is 7.19. The second kappa shape index (κ2) is 10.8. The summed E-state index contributed by atoms with van der Waals surface area (Å²) in [6, 6.07) is 20.7. The lowest BCUT2D eigenvalue weighted by Gasteiger charge is -2.17. The zero-order chi connectivity index (χ0) is 23.9. The van der Waals surface area contributed by atoms with Crippen LogP contribution in [0.15, 0.2) is 76.7 Å². The van der Waals surface area contributed by atoms with Gasteiger partial charge >= 0.3 is 0 Å². The van der Waals surface area contributed by atoms with E-state index in [-0.39, 0.29) is 17.6 Å². The lowest BCUT2D eigenvalue weighted by molar-refractivity contribution is -0.123. The summed E-state index contributed by atoms with van der Waals surface area (Å²) in [5.74, 6) is 0.274. The third-order valence-corrected chi connectivity index (χ3v) is 6.69. The van der Waals surface area contributed by atoms with Crippen LogP contribution in [0.5, 0.6) is 5.75 Å². The van der Waals surface area contributed by atoms with Crippen LogP contribution in [0.2, 0.25) is 0 Å². The first kappa shape index (κ1) is 23.3. The SMILES string of the molecule is COc1ccc(/C=C2\N=C(SCC(=O)Nc3sccc3C#N)N(Cc3ccccc3)C2=O)cc1. The number of carbonyl (C=O) groups excluding carboxylic acids is 2. The molecule has 4 rings (SSSR count). The van der Waals surface area contributed by atoms with Gasteiger partial charge in [-0.05, 0) is 40.8 Å². The Bertz CT molecular complexity index is 1290. The van der Waals surface area contributed by atoms with E-state index in [0.717, 1.165) is 16.9 Å². The van der Waals surface area contributed by atoms with E-state index >= 15 is 0 Å². The molecule has 3 aromatic rings. The van der Waals surface area contributed by atoms with Crippen LogP contribution in [0.25, 0.3) is 6.08 Å². The Morgan fingerprint density at radius 1 is 1.21 bits per heavy atom. The van der Waals surface area contributed by atoms with E-state index in [1.165, 1.54) is 23.1 Å². The number of thiophene rings is 1. The van der Waals surface area contributed by atoms with Gasteiger partial charge in [-0.1, -0.05) is 54.2 Å². The highest BCUT2D eigenvalue weighted by atomic mass is 32.2. The van der Waals surface area contributed by atoms with Gasteiger partial charge in [0.1, 0.15) is 22.5 Å². The van der Waals surface area contributed by atoms with Crippen LogP contribution in [0.3, 0.4) is 0 Å². The number of hydrogen-bond acceptors (Lipinski definition) is 7. The summed E-state index contributed by atoms with van der Waals surface area (Å²) >= 11 is 2.47. The number of methoxy groups -OCH3 is 1. The molecule has 1 aliphatic rings. The summed E-state index contributed by atoms with van der Waals surface area (Å²) < 4.78 is 5.19. The molecular formula is C25H20N4O3S2. The van der Waals surface area contributed by atoms with E-state index in [0.29, 0.717) is 28.0 Å². The van der Waals surface area contributed by atoms with E-state index < -0.39 is 0 Å². The number of nitriles is 1. The molecule has 0 spiro atoms. The molecule has 2 heterocycles. The minimum Gasteiger partial charge on any atom is -0.497 e. The standard InChI is InChI=1S/C25H20N4O3S2/c1-32-20-9-7-17(8-10-20)13-21-24(31)29(15-18-5-3-2-4-6-18)25(27-21)34-16-22(30)28-23-19(14-26)11-12-33-23/h2-13H,15-16H2,1H3,(H,28,30)/b21-13-. The highest BCUT2D eigenvalue weighted by molar-refractivity contribution is 8.14. The summed E-state index contributed by atoms with van der Waals surface area (Å²) in [5.41, 5.74) is 2.50. The maximum atomic E-state index is 13.2. The number of carbonyl (C=O) groups is 2. The second-order valence-corrected chi connectivity index (χ2v) is 9.04. The minimum atomic E-state index is -0.272. The lowest BCUT2D eigenvalue weighted by Crippen LogP contribution is -2.30. The van der Waals surface area contributed by atoms with Crippen molar-refractivity contribution in [3.8, 4) is 11.8 Å². The summed E-state index contributed by atoms with van der Waals surface area (Å²) in [4.78, 5) is 31.8. The van der Waals surface area contributed by atoms with Crippen LogP contribution in [0, 0.1) is 11.3 Å². The normalized spacial score (nSPS) is 14.1. The van der Waals surface area contributed by atoms with E-state index in [1.54, 1.807) is 29.5 Å². The van der Waals surface area contributed by atoms with Crippen molar-refractivity contribution >= 4 is 51.2 Å². The van der Waals surface area contributed by atoms with Crippen LogP contribution < -0.4 is 10.1 Å². The average molecular weight is 489 g/mol. The van der Waals surface area contributed by atoms with Gasteiger partial charge in [0.2, 0.25) is 5.91 Å². The van der Waals surface area contributed by atoms with Crippen molar-refractivity contribution in [2.45, 2.75) is 6.54 Å². The van der Waals surface area contributed by atoms with Gasteiger partial charge < -0.3 is 10.1 Å². The molecule has 1 aliphatic heterocycles. The Balaban J connectivity index is 1.53. The molecule has 0 saturated heterocycles. The average Bonchev–Trinajstić information content (AvgIpc) is 3.43. The van der Waals surface area contributed by atoms with Crippen molar-refractivity contribution < 1.29 is 14.3 Å². The lowest BCUT2D eigenvalue weighted by atomic mass is 10.1. The van der Waals surface area contributed by atoms with Crippen molar-refractivity contribution in [3.63, 3.8) is 0 Å². The molecular weight excluding hydrogens is 468 g/mol. The molecule has 9 heteroatoms. The van der Waals surface area contributed by atoms with E-state index in [4.69, 9.17) is 10.00 Å². The number of amides is 2. The van der Waals surface area contributed by atoms with Crippen molar-refractivity contribution in [1.82, 2.24) is 4.90 Å². The Kier molecular flexibility index (Phi) is 7.42. The van der Waals surface area contributed by atoms with Crippen molar-refractivity contribution in [3.05, 3.63) is 88.4 Å². The number of nitrogens with one attached hydrogen (secondary N) is 1. The molecule has 170 valence electrons. The minimum absolute atomic E-state index is 0.0516. The number of benzene rings is 2. The number of ether oxygens (including phenoxy) is 1. The number of thioether (sulfide) groups is 1. The number of amidine groups is 1. The Morgan fingerprint density at radius 3 is 2.68 bits per heavy atom. The Labute approximate surface area is 205 Å². The van der Waals surface area contributed by atoms with Crippen LogP contribution in [-0.4, -0.2) is 34.7 Å². The van der Waals surface area contributed by atoms with Gasteiger partial charge in [-0.25, -0.2) is 4.99 Å². The first-order chi connectivity index (χ1) is 16.6. The fraction of sp³-hybridized carbons (Fsp3) is 0.120. The molecule has 0 fully saturated rings. The summed E-state index contributed by atoms with van der Waals surface area (Å²) in [6.07, 6.45) is 1.72. The molecule has 7 nitrogen and oxygen atoms in total. The van der Waals surface area contributed by atoms with Crippen LogP contribution >= 0.6 is 23.1 Å². The quantitative estimate of drug-likeness (QED) is 0.485. The molecule has 34 heavy (non-hydrogen) atoms. The molecule has 1 aromatic heterocycles. The number of rotatable bonds is 7. The van der Waals surface area contributed by atoms with Crippen molar-refractivity contribution in [2.24, 2.45) is 4.99 Å². The van der Waals surface area contributed by atoms with Gasteiger partial charge in [0.05, 0.1) is 25.0 Å². The zero-order valence-electron chi connectivity index (χ0n) is 18.2. The molecule has 2 amide bonds. The summed E-state index contributed by atoms with van der Waals surface area (Å²) in [5, 5.41) is 14.6. The van der Waals surface area contributed by atoms with Gasteiger partial charge in [0, 0.05) is 0 Å². The Hall–Kier alpha value is -3.87. The highest BCUT2D eigenvalue weighted by Crippen LogP contribution is 2.27. The van der Waals surface area contributed by atoms with E-state index in [9.17, 15) is 9.59 Å². The number of hydrogen-bond donors (Lipinski definition) is 1. The van der Waals surface area contributed by atoms with Gasteiger partial charge in [-0.3, -0.25) is 14.5 Å². The van der Waals surface area contributed by atoms with Crippen molar-refractivity contribution in [2.75, 3.05) is 18.2 Å². The first-order valence-corrected chi connectivity index (χ1v) is 12.1. The third-order valence-electron chi connectivity index (χ3n) is 4.88. The van der Waals surface area contributed by atoms with E-state index in [1.807, 2.05) is 54.6 Å². The molecule has 0 bridgehead atoms. The van der Waals surface area contributed by atoms with Gasteiger partial charge in [0.25, 0.3) is 5.91 Å². The zero-order valence-corrected chi connectivity index (χ0v) is 19.9. The molecule has 0 saturated carbocycles. The van der Waals surface area contributed by atoms with Gasteiger partial charge in [-0.2, -0.15) is 5.26 Å². The largest absolute Gasteiger partial charge is 0.497 e. The monoisotopic (exact) mass is 488 g/mol. The fourth-order valence-corrected chi connectivity index (χ4v) is 4.74. The van der Waals surface area contributed by atoms with Gasteiger partial charge in [0.15, 0.2) is 5.17 Å². The third kappa shape index (κ3) is 5.54. The number of anilines is 1. The molecule has 0 aliphatic carbocycles. The number of nitrogens with zero attached hydrogens (tertiary/aromatic N) is 3. The smallest absolute Gasteiger partial charge is 0.278 e. The topological polar surface area (TPSA) is 94.8 Å². The van der Waals surface area contributed by atoms with Crippen LogP contribution in [-0.2, 0) is 16.1 Å². The Morgan fingerprint density at radius 2 is 1.97 bits per heavy atom. The van der Waals surface area contributed by atoms with Gasteiger partial charge in [-0.15, -0.1) is 11.3 Å². The summed E-state index contributed by atoms with van der Waals surface area (Å²) in [7, 11) is 1.60. The van der Waals surface area contributed by atoms with Crippen LogP contribution in [0.4, 0.5) is 5.00 Å². The molecule has 2 aromatic carbocycles. The van der Waals surface area contributed by atoms with E-state index in [2.05, 4.69) is 16.4 Å². The predicted molar refractivity (Wildman–Crippen MR) is 136 cm³/mol. The fourth-order valence-electron chi connectivity index (χ4n) is 3.19. The first-order valence-electron chi connectivity index (χ1n) is 10.3. The molecule has 1 N–H and O–H groups in total. The summed E-state index contributed by atoms with van der Waals surface area (Å²) in [6.45, 7) is 0.344. The van der Waals surface area contributed by atoms with Crippen molar-refractivity contribution in [1.29, 1.82) is 5.26 Å². The molecule has 0 radical (unpaired) electrons. The van der Waals surface area contributed by atoms with Crippen LogP contribution in [0.1, 0.15) is 16.7 Å². The highest BCUT2D eigenvalue weighted by Gasteiger charge is 2.31.